The topological polar surface area (TPSA) is 57.3 Å². The molecule has 21 heavy (non-hydrogen) atoms. The summed E-state index contributed by atoms with van der Waals surface area (Å²) in [5, 5.41) is 7.93. The van der Waals surface area contributed by atoms with Crippen molar-refractivity contribution in [2.45, 2.75) is 13.0 Å². The Morgan fingerprint density at radius 3 is 2.57 bits per heavy atom. The van der Waals surface area contributed by atoms with E-state index in [1.807, 2.05) is 57.2 Å². The average Bonchev–Trinajstić information content (AvgIpc) is 2.44. The first kappa shape index (κ1) is 15.3. The van der Waals surface area contributed by atoms with Crippen molar-refractivity contribution in [2.75, 3.05) is 33.0 Å². The second-order valence-corrected chi connectivity index (χ2v) is 5.45. The number of anilines is 1. The Morgan fingerprint density at radius 1 is 1.29 bits per heavy atom. The van der Waals surface area contributed by atoms with Gasteiger partial charge < -0.3 is 15.5 Å². The molecule has 112 valence electrons. The van der Waals surface area contributed by atoms with Crippen LogP contribution < -0.4 is 10.6 Å². The van der Waals surface area contributed by atoms with Crippen LogP contribution in [0.1, 0.15) is 17.3 Å². The lowest BCUT2D eigenvalue weighted by Crippen LogP contribution is -2.39. The second-order valence-electron chi connectivity index (χ2n) is 5.45. The van der Waals surface area contributed by atoms with Crippen molar-refractivity contribution >= 4 is 22.5 Å². The molecule has 0 aliphatic rings. The van der Waals surface area contributed by atoms with Crippen molar-refractivity contribution in [2.24, 2.45) is 0 Å². The van der Waals surface area contributed by atoms with Crippen LogP contribution in [-0.4, -0.2) is 49.5 Å². The van der Waals surface area contributed by atoms with Crippen LogP contribution in [0.3, 0.4) is 0 Å². The number of benzene rings is 1. The Morgan fingerprint density at radius 2 is 1.95 bits per heavy atom. The van der Waals surface area contributed by atoms with Crippen molar-refractivity contribution < 1.29 is 4.79 Å². The Labute approximate surface area is 125 Å². The van der Waals surface area contributed by atoms with E-state index in [9.17, 15) is 4.79 Å². The van der Waals surface area contributed by atoms with Crippen LogP contribution in [-0.2, 0) is 0 Å². The highest BCUT2D eigenvalue weighted by molar-refractivity contribution is 6.09. The average molecular weight is 286 g/mol. The highest BCUT2D eigenvalue weighted by atomic mass is 16.1. The van der Waals surface area contributed by atoms with E-state index < -0.39 is 0 Å². The fraction of sp³-hybridized carbons (Fsp3) is 0.375. The molecule has 1 amide bonds. The summed E-state index contributed by atoms with van der Waals surface area (Å²) >= 11 is 0. The van der Waals surface area contributed by atoms with Gasteiger partial charge in [-0.25, -0.2) is 4.98 Å². The number of hydrogen-bond acceptors (Lipinski definition) is 4. The molecule has 2 rings (SSSR count). The number of nitrogens with one attached hydrogen (secondary N) is 2. The maximum absolute atomic E-state index is 12.5. The first-order valence-corrected chi connectivity index (χ1v) is 7.04. The molecule has 1 aromatic heterocycles. The van der Waals surface area contributed by atoms with Crippen LogP contribution in [0.15, 0.2) is 30.5 Å². The van der Waals surface area contributed by atoms with E-state index in [4.69, 9.17) is 0 Å². The molecule has 1 aromatic carbocycles. The Bertz CT molecular complexity index is 639. The van der Waals surface area contributed by atoms with Gasteiger partial charge in [-0.3, -0.25) is 4.79 Å². The number of fused-ring (bicyclic) bond motifs is 1. The van der Waals surface area contributed by atoms with Gasteiger partial charge in [-0.15, -0.1) is 0 Å². The van der Waals surface area contributed by atoms with Crippen LogP contribution in [0.4, 0.5) is 5.82 Å². The monoisotopic (exact) mass is 286 g/mol. The van der Waals surface area contributed by atoms with Gasteiger partial charge in [0.25, 0.3) is 5.91 Å². The Balaban J connectivity index is 2.32. The molecule has 0 radical (unpaired) electrons. The zero-order valence-electron chi connectivity index (χ0n) is 13.0. The highest BCUT2D eigenvalue weighted by Crippen LogP contribution is 2.24. The Hall–Kier alpha value is -2.14. The number of likely N-dealkylation sites (N-methyl/N-ethyl adjacent to an activating group) is 1. The molecule has 5 heteroatoms. The molecule has 2 N–H and O–H groups in total. The van der Waals surface area contributed by atoms with Crippen LogP contribution in [0.2, 0.25) is 0 Å². The molecular weight excluding hydrogens is 264 g/mol. The lowest BCUT2D eigenvalue weighted by atomic mass is 10.1. The van der Waals surface area contributed by atoms with Gasteiger partial charge >= 0.3 is 0 Å². The van der Waals surface area contributed by atoms with Crippen LogP contribution >= 0.6 is 0 Å². The van der Waals surface area contributed by atoms with Crippen molar-refractivity contribution in [3.05, 3.63) is 36.0 Å². The minimum atomic E-state index is -0.0873. The minimum Gasteiger partial charge on any atom is -0.373 e. The fourth-order valence-electron chi connectivity index (χ4n) is 2.47. The molecule has 0 fully saturated rings. The maximum Gasteiger partial charge on any atom is 0.253 e. The van der Waals surface area contributed by atoms with E-state index in [1.165, 1.54) is 0 Å². The van der Waals surface area contributed by atoms with Gasteiger partial charge in [0, 0.05) is 31.2 Å². The van der Waals surface area contributed by atoms with Crippen molar-refractivity contribution in [3.8, 4) is 0 Å². The van der Waals surface area contributed by atoms with Gasteiger partial charge in [-0.1, -0.05) is 24.3 Å². The summed E-state index contributed by atoms with van der Waals surface area (Å²) in [7, 11) is 5.80. The third-order valence-electron chi connectivity index (χ3n) is 3.29. The van der Waals surface area contributed by atoms with E-state index in [0.717, 1.165) is 23.1 Å². The summed E-state index contributed by atoms with van der Waals surface area (Å²) in [6, 6.07) is 7.87. The normalized spacial score (nSPS) is 12.4. The van der Waals surface area contributed by atoms with Gasteiger partial charge in [0.15, 0.2) is 0 Å². The summed E-state index contributed by atoms with van der Waals surface area (Å²) in [6.07, 6.45) is 1.63. The summed E-state index contributed by atoms with van der Waals surface area (Å²) in [4.78, 5) is 18.8. The van der Waals surface area contributed by atoms with Crippen molar-refractivity contribution in [3.63, 3.8) is 0 Å². The third-order valence-corrected chi connectivity index (χ3v) is 3.29. The van der Waals surface area contributed by atoms with Crippen LogP contribution in [0, 0.1) is 0 Å². The quantitative estimate of drug-likeness (QED) is 0.882. The van der Waals surface area contributed by atoms with Crippen molar-refractivity contribution in [1.29, 1.82) is 0 Å². The molecule has 0 aliphatic carbocycles. The van der Waals surface area contributed by atoms with E-state index in [-0.39, 0.29) is 11.9 Å². The molecule has 0 spiro atoms. The predicted octanol–water partition coefficient (Wildman–Crippen LogP) is 1.96. The molecule has 1 atom stereocenters. The van der Waals surface area contributed by atoms with Gasteiger partial charge in [-0.2, -0.15) is 0 Å². The minimum absolute atomic E-state index is 0.0789. The predicted molar refractivity (Wildman–Crippen MR) is 86.8 cm³/mol. The van der Waals surface area contributed by atoms with E-state index in [0.29, 0.717) is 5.56 Å². The number of nitrogens with zero attached hydrogens (tertiary/aromatic N) is 2. The highest BCUT2D eigenvalue weighted by Gasteiger charge is 2.15. The molecule has 0 saturated carbocycles. The first-order valence-electron chi connectivity index (χ1n) is 7.04. The van der Waals surface area contributed by atoms with Crippen LogP contribution in [0.25, 0.3) is 10.8 Å². The molecular formula is C16H22N4O. The van der Waals surface area contributed by atoms with Gasteiger partial charge in [0.1, 0.15) is 5.82 Å². The summed E-state index contributed by atoms with van der Waals surface area (Å²) in [6.45, 7) is 2.79. The number of rotatable bonds is 5. The number of aromatic nitrogens is 1. The number of amides is 1. The molecule has 0 aliphatic heterocycles. The van der Waals surface area contributed by atoms with E-state index >= 15 is 0 Å². The molecule has 5 nitrogen and oxygen atoms in total. The van der Waals surface area contributed by atoms with E-state index in [1.54, 1.807) is 6.20 Å². The molecule has 0 saturated heterocycles. The third kappa shape index (κ3) is 3.49. The zero-order chi connectivity index (χ0) is 15.4. The van der Waals surface area contributed by atoms with Gasteiger partial charge in [0.05, 0.1) is 5.56 Å². The van der Waals surface area contributed by atoms with Gasteiger partial charge in [-0.05, 0) is 26.4 Å². The lowest BCUT2D eigenvalue weighted by Gasteiger charge is -2.19. The standard InChI is InChI=1S/C16H22N4O/c1-11(10-20(3)4)19-16(21)14-9-18-15(17-2)13-8-6-5-7-12(13)14/h5-9,11H,10H2,1-4H3,(H,17,18)(H,19,21). The van der Waals surface area contributed by atoms with Gasteiger partial charge in [0.2, 0.25) is 0 Å². The molecule has 1 heterocycles. The van der Waals surface area contributed by atoms with E-state index in [2.05, 4.69) is 15.6 Å². The summed E-state index contributed by atoms with van der Waals surface area (Å²) < 4.78 is 0. The molecule has 1 unspecified atom stereocenters. The van der Waals surface area contributed by atoms with Crippen molar-refractivity contribution in [1.82, 2.24) is 15.2 Å². The number of pyridine rings is 1. The lowest BCUT2D eigenvalue weighted by molar-refractivity contribution is 0.0935. The number of carbonyl (C=O) groups excluding carboxylic acids is 1. The number of hydrogen-bond donors (Lipinski definition) is 2. The van der Waals surface area contributed by atoms with Crippen LogP contribution in [0.5, 0.6) is 0 Å². The summed E-state index contributed by atoms with van der Waals surface area (Å²) in [5.74, 6) is 0.694. The smallest absolute Gasteiger partial charge is 0.253 e. The summed E-state index contributed by atoms with van der Waals surface area (Å²) in [5.41, 5.74) is 0.607. The largest absolute Gasteiger partial charge is 0.373 e. The molecule has 0 bridgehead atoms. The maximum atomic E-state index is 12.5. The first-order chi connectivity index (χ1) is 10.0. The fourth-order valence-corrected chi connectivity index (χ4v) is 2.47. The SMILES string of the molecule is CNc1ncc(C(=O)NC(C)CN(C)C)c2ccccc12. The Kier molecular flexibility index (Phi) is 4.75. The second kappa shape index (κ2) is 6.54. The number of carbonyl (C=O) groups is 1. The zero-order valence-corrected chi connectivity index (χ0v) is 13.0. The molecule has 2 aromatic rings.